The zero-order chi connectivity index (χ0) is 15.2. The third kappa shape index (κ3) is 3.95. The molecule has 112 valence electrons. The van der Waals surface area contributed by atoms with E-state index in [4.69, 9.17) is 4.74 Å². The Kier molecular flexibility index (Phi) is 5.59. The molecule has 2 rings (SSSR count). The van der Waals surface area contributed by atoms with E-state index in [-0.39, 0.29) is 5.75 Å². The molecule has 0 saturated carbocycles. The van der Waals surface area contributed by atoms with E-state index in [1.165, 1.54) is 23.9 Å². The fourth-order valence-electron chi connectivity index (χ4n) is 1.89. The summed E-state index contributed by atoms with van der Waals surface area (Å²) in [5, 5.41) is 3.03. The van der Waals surface area contributed by atoms with E-state index < -0.39 is 11.6 Å². The maximum atomic E-state index is 14.1. The van der Waals surface area contributed by atoms with E-state index in [0.717, 1.165) is 11.4 Å². The van der Waals surface area contributed by atoms with Crippen LogP contribution in [0.1, 0.15) is 12.5 Å². The number of rotatable bonds is 6. The maximum Gasteiger partial charge on any atom is 0.198 e. The predicted molar refractivity (Wildman–Crippen MR) is 82.0 cm³/mol. The summed E-state index contributed by atoms with van der Waals surface area (Å²) >= 11 is 1.46. The first kappa shape index (κ1) is 15.8. The molecule has 0 fully saturated rings. The summed E-state index contributed by atoms with van der Waals surface area (Å²) in [6.07, 6.45) is 1.88. The van der Waals surface area contributed by atoms with Gasteiger partial charge in [0.05, 0.1) is 0 Å². The average molecular weight is 309 g/mol. The molecule has 0 spiro atoms. The van der Waals surface area contributed by atoms with Gasteiger partial charge in [-0.2, -0.15) is 0 Å². The second kappa shape index (κ2) is 7.43. The van der Waals surface area contributed by atoms with Gasteiger partial charge < -0.3 is 10.1 Å². The zero-order valence-electron chi connectivity index (χ0n) is 12.0. The van der Waals surface area contributed by atoms with Gasteiger partial charge in [-0.15, -0.1) is 11.8 Å². The van der Waals surface area contributed by atoms with Crippen LogP contribution in [-0.4, -0.2) is 12.8 Å². The summed E-state index contributed by atoms with van der Waals surface area (Å²) < 4.78 is 33.6. The molecule has 0 aliphatic carbocycles. The molecule has 0 atom stereocenters. The lowest BCUT2D eigenvalue weighted by atomic mass is 10.2. The predicted octanol–water partition coefficient (Wildman–Crippen LogP) is 4.59. The summed E-state index contributed by atoms with van der Waals surface area (Å²) in [7, 11) is 0. The van der Waals surface area contributed by atoms with Crippen LogP contribution in [0.3, 0.4) is 0 Å². The first-order valence-corrected chi connectivity index (χ1v) is 7.87. The first-order valence-electron chi connectivity index (χ1n) is 6.65. The summed E-state index contributed by atoms with van der Waals surface area (Å²) in [4.78, 5) is 0.827. The Morgan fingerprint density at radius 1 is 1.14 bits per heavy atom. The lowest BCUT2D eigenvalue weighted by molar-refractivity contribution is 0.399. The maximum absolute atomic E-state index is 14.1. The van der Waals surface area contributed by atoms with Crippen LogP contribution >= 0.6 is 11.8 Å². The van der Waals surface area contributed by atoms with Gasteiger partial charge in [-0.3, -0.25) is 0 Å². The molecule has 2 aromatic carbocycles. The molecule has 0 aliphatic rings. The minimum atomic E-state index is -0.696. The normalized spacial score (nSPS) is 10.7. The smallest absolute Gasteiger partial charge is 0.198 e. The fourth-order valence-corrected chi connectivity index (χ4v) is 2.42. The van der Waals surface area contributed by atoms with Crippen LogP contribution in [-0.2, 0) is 6.54 Å². The Hall–Kier alpha value is -1.59. The zero-order valence-corrected chi connectivity index (χ0v) is 12.8. The summed E-state index contributed by atoms with van der Waals surface area (Å²) in [5.41, 5.74) is 0.553. The largest absolute Gasteiger partial charge is 0.450 e. The van der Waals surface area contributed by atoms with Crippen molar-refractivity contribution in [3.8, 4) is 11.5 Å². The molecule has 0 unspecified atom stereocenters. The first-order chi connectivity index (χ1) is 10.2. The lowest BCUT2D eigenvalue weighted by Gasteiger charge is -2.12. The average Bonchev–Trinajstić information content (AvgIpc) is 2.49. The van der Waals surface area contributed by atoms with Crippen molar-refractivity contribution in [2.24, 2.45) is 0 Å². The highest BCUT2D eigenvalue weighted by molar-refractivity contribution is 7.98. The van der Waals surface area contributed by atoms with E-state index in [0.29, 0.717) is 17.9 Å². The standard InChI is InChI=1S/C16H17F2NOS/c1-3-19-10-11-8-12(17)16(13(18)9-11)20-14-6-4-5-7-15(14)21-2/h4-9,19H,3,10H2,1-2H3. The quantitative estimate of drug-likeness (QED) is 0.789. The van der Waals surface area contributed by atoms with Gasteiger partial charge in [0.15, 0.2) is 17.4 Å². The number of thioether (sulfide) groups is 1. The molecular weight excluding hydrogens is 292 g/mol. The molecule has 0 bridgehead atoms. The Morgan fingerprint density at radius 2 is 1.81 bits per heavy atom. The van der Waals surface area contributed by atoms with Crippen LogP contribution in [0.15, 0.2) is 41.3 Å². The summed E-state index contributed by atoms with van der Waals surface area (Å²) in [5.74, 6) is -1.31. The molecule has 0 radical (unpaired) electrons. The van der Waals surface area contributed by atoms with Crippen LogP contribution in [0, 0.1) is 11.6 Å². The number of benzene rings is 2. The minimum absolute atomic E-state index is 0.364. The highest BCUT2D eigenvalue weighted by Crippen LogP contribution is 2.34. The van der Waals surface area contributed by atoms with Gasteiger partial charge in [-0.1, -0.05) is 19.1 Å². The van der Waals surface area contributed by atoms with Crippen LogP contribution in [0.25, 0.3) is 0 Å². The van der Waals surface area contributed by atoms with Gasteiger partial charge in [0.2, 0.25) is 0 Å². The SMILES string of the molecule is CCNCc1cc(F)c(Oc2ccccc2SC)c(F)c1. The molecular formula is C16H17F2NOS. The third-order valence-electron chi connectivity index (χ3n) is 2.92. The Balaban J connectivity index is 2.28. The number of hydrogen-bond acceptors (Lipinski definition) is 3. The van der Waals surface area contributed by atoms with Crippen molar-refractivity contribution in [1.82, 2.24) is 5.32 Å². The molecule has 0 heterocycles. The van der Waals surface area contributed by atoms with Crippen LogP contribution in [0.4, 0.5) is 8.78 Å². The topological polar surface area (TPSA) is 21.3 Å². The van der Waals surface area contributed by atoms with Gasteiger partial charge in [0.25, 0.3) is 0 Å². The van der Waals surface area contributed by atoms with E-state index in [1.807, 2.05) is 25.3 Å². The molecule has 1 N–H and O–H groups in total. The van der Waals surface area contributed by atoms with Crippen LogP contribution in [0.5, 0.6) is 11.5 Å². The number of nitrogens with one attached hydrogen (secondary N) is 1. The van der Waals surface area contributed by atoms with Gasteiger partial charge in [-0.05, 0) is 42.6 Å². The highest BCUT2D eigenvalue weighted by atomic mass is 32.2. The summed E-state index contributed by atoms with van der Waals surface area (Å²) in [6, 6.07) is 9.74. The molecule has 2 aromatic rings. The van der Waals surface area contributed by atoms with Crippen molar-refractivity contribution in [2.75, 3.05) is 12.8 Å². The lowest BCUT2D eigenvalue weighted by Crippen LogP contribution is -2.12. The molecule has 2 nitrogen and oxygen atoms in total. The van der Waals surface area contributed by atoms with Gasteiger partial charge in [-0.25, -0.2) is 8.78 Å². The van der Waals surface area contributed by atoms with Gasteiger partial charge >= 0.3 is 0 Å². The van der Waals surface area contributed by atoms with Crippen molar-refractivity contribution in [2.45, 2.75) is 18.4 Å². The van der Waals surface area contributed by atoms with E-state index in [1.54, 1.807) is 12.1 Å². The molecule has 0 amide bonds. The molecule has 21 heavy (non-hydrogen) atoms. The van der Waals surface area contributed by atoms with Crippen molar-refractivity contribution in [3.63, 3.8) is 0 Å². The third-order valence-corrected chi connectivity index (χ3v) is 3.70. The van der Waals surface area contributed by atoms with Crippen LogP contribution in [0.2, 0.25) is 0 Å². The Morgan fingerprint density at radius 3 is 2.43 bits per heavy atom. The van der Waals surface area contributed by atoms with Crippen molar-refractivity contribution in [1.29, 1.82) is 0 Å². The monoisotopic (exact) mass is 309 g/mol. The minimum Gasteiger partial charge on any atom is -0.450 e. The molecule has 0 aromatic heterocycles. The van der Waals surface area contributed by atoms with Crippen molar-refractivity contribution in [3.05, 3.63) is 53.6 Å². The Bertz CT molecular complexity index is 596. The molecule has 0 aliphatic heterocycles. The van der Waals surface area contributed by atoms with E-state index in [2.05, 4.69) is 5.32 Å². The molecule has 0 saturated heterocycles. The molecule has 5 heteroatoms. The summed E-state index contributed by atoms with van der Waals surface area (Å²) in [6.45, 7) is 3.10. The second-order valence-corrected chi connectivity index (χ2v) is 5.27. The highest BCUT2D eigenvalue weighted by Gasteiger charge is 2.15. The van der Waals surface area contributed by atoms with Gasteiger partial charge in [0, 0.05) is 11.4 Å². The van der Waals surface area contributed by atoms with E-state index >= 15 is 0 Å². The Labute approximate surface area is 127 Å². The number of ether oxygens (including phenoxy) is 1. The second-order valence-electron chi connectivity index (χ2n) is 4.42. The fraction of sp³-hybridized carbons (Fsp3) is 0.250. The number of hydrogen-bond donors (Lipinski definition) is 1. The number of halogens is 2. The van der Waals surface area contributed by atoms with Crippen molar-refractivity contribution >= 4 is 11.8 Å². The van der Waals surface area contributed by atoms with Crippen LogP contribution < -0.4 is 10.1 Å². The van der Waals surface area contributed by atoms with Crippen molar-refractivity contribution < 1.29 is 13.5 Å². The van der Waals surface area contributed by atoms with E-state index in [9.17, 15) is 8.78 Å². The number of para-hydroxylation sites is 1. The van der Waals surface area contributed by atoms with Gasteiger partial charge in [0.1, 0.15) is 5.75 Å².